The summed E-state index contributed by atoms with van der Waals surface area (Å²) >= 11 is 6.15. The summed E-state index contributed by atoms with van der Waals surface area (Å²) in [5, 5.41) is 6.94. The summed E-state index contributed by atoms with van der Waals surface area (Å²) in [7, 11) is 1.69. The standard InChI is InChI=1S/C19H24ClFN4O.HI/c1-19(2,3)15-9-23-16(26-15)10-24-18(22-4)25-14-8-11(14)17-12(20)6-5-7-13(17)21;/h5-7,9,11,14H,8,10H2,1-4H3,(H2,22,24,25);1H. The maximum atomic E-state index is 14.0. The molecule has 2 N–H and O–H groups in total. The average molecular weight is 507 g/mol. The SMILES string of the molecule is CN=C(NCc1ncc(C(C)(C)C)o1)NC1CC1c1c(F)cccc1Cl.I. The van der Waals surface area contributed by atoms with Crippen LogP contribution < -0.4 is 10.6 Å². The molecule has 1 aliphatic carbocycles. The van der Waals surface area contributed by atoms with Gasteiger partial charge in [-0.3, -0.25) is 4.99 Å². The number of hydrogen-bond acceptors (Lipinski definition) is 3. The third kappa shape index (κ3) is 5.34. The van der Waals surface area contributed by atoms with E-state index in [-0.39, 0.29) is 47.2 Å². The van der Waals surface area contributed by atoms with E-state index in [1.807, 2.05) is 0 Å². The second kappa shape index (κ2) is 8.77. The van der Waals surface area contributed by atoms with Gasteiger partial charge in [-0.15, -0.1) is 24.0 Å². The van der Waals surface area contributed by atoms with Crippen LogP contribution in [0.2, 0.25) is 5.02 Å². The normalized spacial score (nSPS) is 19.4. The zero-order chi connectivity index (χ0) is 18.9. The van der Waals surface area contributed by atoms with Crippen molar-refractivity contribution < 1.29 is 8.81 Å². The monoisotopic (exact) mass is 506 g/mol. The number of rotatable bonds is 4. The molecule has 0 radical (unpaired) electrons. The van der Waals surface area contributed by atoms with Crippen LogP contribution in [0.25, 0.3) is 0 Å². The first-order valence-electron chi connectivity index (χ1n) is 8.66. The highest BCUT2D eigenvalue weighted by atomic mass is 127. The summed E-state index contributed by atoms with van der Waals surface area (Å²) in [4.78, 5) is 8.50. The van der Waals surface area contributed by atoms with Crippen LogP contribution in [-0.2, 0) is 12.0 Å². The minimum atomic E-state index is -0.260. The van der Waals surface area contributed by atoms with E-state index in [9.17, 15) is 4.39 Å². The van der Waals surface area contributed by atoms with Crippen molar-refractivity contribution in [3.8, 4) is 0 Å². The Hall–Kier alpha value is -1.35. The molecule has 0 saturated heterocycles. The summed E-state index contributed by atoms with van der Waals surface area (Å²) in [6.45, 7) is 6.65. The lowest BCUT2D eigenvalue weighted by atomic mass is 9.94. The third-order valence-electron chi connectivity index (χ3n) is 4.41. The van der Waals surface area contributed by atoms with Gasteiger partial charge in [-0.1, -0.05) is 38.4 Å². The molecule has 2 aromatic rings. The zero-order valence-electron chi connectivity index (χ0n) is 15.8. The van der Waals surface area contributed by atoms with Crippen molar-refractivity contribution in [2.75, 3.05) is 7.05 Å². The van der Waals surface area contributed by atoms with Gasteiger partial charge in [-0.2, -0.15) is 0 Å². The minimum Gasteiger partial charge on any atom is -0.443 e. The summed E-state index contributed by atoms with van der Waals surface area (Å²) in [5.74, 6) is 1.86. The number of hydrogen-bond donors (Lipinski definition) is 2. The first kappa shape index (κ1) is 21.9. The van der Waals surface area contributed by atoms with Crippen LogP contribution in [0.4, 0.5) is 4.39 Å². The highest BCUT2D eigenvalue weighted by Gasteiger charge is 2.41. The number of halogens is 3. The van der Waals surface area contributed by atoms with Gasteiger partial charge in [0.1, 0.15) is 11.6 Å². The lowest BCUT2D eigenvalue weighted by Gasteiger charge is -2.13. The predicted molar refractivity (Wildman–Crippen MR) is 117 cm³/mol. The molecule has 1 saturated carbocycles. The van der Waals surface area contributed by atoms with E-state index in [1.165, 1.54) is 6.07 Å². The van der Waals surface area contributed by atoms with Gasteiger partial charge >= 0.3 is 0 Å². The van der Waals surface area contributed by atoms with Crippen LogP contribution in [0.5, 0.6) is 0 Å². The van der Waals surface area contributed by atoms with E-state index < -0.39 is 0 Å². The van der Waals surface area contributed by atoms with Gasteiger partial charge < -0.3 is 15.1 Å². The molecule has 1 fully saturated rings. The molecule has 1 aromatic carbocycles. The van der Waals surface area contributed by atoms with Crippen molar-refractivity contribution in [2.24, 2.45) is 4.99 Å². The average Bonchev–Trinajstić information content (AvgIpc) is 3.12. The third-order valence-corrected chi connectivity index (χ3v) is 4.74. The number of nitrogens with zero attached hydrogens (tertiary/aromatic N) is 2. The molecule has 8 heteroatoms. The van der Waals surface area contributed by atoms with Gasteiger partial charge in [0.25, 0.3) is 0 Å². The van der Waals surface area contributed by atoms with E-state index in [0.29, 0.717) is 29.0 Å². The van der Waals surface area contributed by atoms with Crippen LogP contribution >= 0.6 is 35.6 Å². The summed E-state index contributed by atoms with van der Waals surface area (Å²) in [5.41, 5.74) is 0.496. The topological polar surface area (TPSA) is 62.5 Å². The Labute approximate surface area is 181 Å². The molecule has 0 spiro atoms. The highest BCUT2D eigenvalue weighted by Crippen LogP contribution is 2.44. The van der Waals surface area contributed by atoms with Crippen LogP contribution in [-0.4, -0.2) is 24.0 Å². The second-order valence-corrected chi connectivity index (χ2v) is 7.93. The summed E-state index contributed by atoms with van der Waals surface area (Å²) < 4.78 is 19.8. The minimum absolute atomic E-state index is 0. The predicted octanol–water partition coefficient (Wildman–Crippen LogP) is 4.60. The quantitative estimate of drug-likeness (QED) is 0.361. The molecule has 27 heavy (non-hydrogen) atoms. The molecular weight excluding hydrogens is 482 g/mol. The Bertz CT molecular complexity index is 798. The van der Waals surface area contributed by atoms with Gasteiger partial charge in [0.15, 0.2) is 5.96 Å². The highest BCUT2D eigenvalue weighted by molar-refractivity contribution is 14.0. The molecule has 148 valence electrons. The van der Waals surface area contributed by atoms with Crippen molar-refractivity contribution in [1.29, 1.82) is 0 Å². The first-order valence-corrected chi connectivity index (χ1v) is 9.03. The lowest BCUT2D eigenvalue weighted by molar-refractivity contribution is 0.379. The van der Waals surface area contributed by atoms with Gasteiger partial charge in [-0.25, -0.2) is 9.37 Å². The van der Waals surface area contributed by atoms with E-state index in [2.05, 4.69) is 41.4 Å². The number of nitrogens with one attached hydrogen (secondary N) is 2. The fourth-order valence-electron chi connectivity index (χ4n) is 2.81. The Kier molecular flexibility index (Phi) is 7.13. The molecule has 0 bridgehead atoms. The molecule has 2 atom stereocenters. The zero-order valence-corrected chi connectivity index (χ0v) is 18.9. The molecule has 0 aliphatic heterocycles. The van der Waals surface area contributed by atoms with Crippen molar-refractivity contribution in [2.45, 2.75) is 51.1 Å². The van der Waals surface area contributed by atoms with Gasteiger partial charge in [0.2, 0.25) is 5.89 Å². The smallest absolute Gasteiger partial charge is 0.213 e. The summed E-state index contributed by atoms with van der Waals surface area (Å²) in [6.07, 6.45) is 2.57. The van der Waals surface area contributed by atoms with E-state index in [4.69, 9.17) is 16.0 Å². The van der Waals surface area contributed by atoms with Crippen molar-refractivity contribution >= 4 is 41.5 Å². The number of oxazole rings is 1. The van der Waals surface area contributed by atoms with Gasteiger partial charge in [-0.05, 0) is 18.6 Å². The van der Waals surface area contributed by atoms with Crippen LogP contribution in [0.3, 0.4) is 0 Å². The van der Waals surface area contributed by atoms with Crippen LogP contribution in [0.15, 0.2) is 33.8 Å². The van der Waals surface area contributed by atoms with Crippen molar-refractivity contribution in [3.63, 3.8) is 0 Å². The van der Waals surface area contributed by atoms with Gasteiger partial charge in [0, 0.05) is 35.0 Å². The molecule has 2 unspecified atom stereocenters. The Balaban J connectivity index is 0.00000261. The molecule has 0 amide bonds. The molecule has 1 aliphatic rings. The summed E-state index contributed by atoms with van der Waals surface area (Å²) in [6, 6.07) is 4.89. The molecule has 3 rings (SSSR count). The van der Waals surface area contributed by atoms with Crippen LogP contribution in [0, 0.1) is 5.82 Å². The van der Waals surface area contributed by atoms with Crippen molar-refractivity contribution in [3.05, 3.63) is 52.5 Å². The van der Waals surface area contributed by atoms with E-state index in [0.717, 1.165) is 12.2 Å². The second-order valence-electron chi connectivity index (χ2n) is 7.52. The fourth-order valence-corrected chi connectivity index (χ4v) is 3.11. The lowest BCUT2D eigenvalue weighted by Crippen LogP contribution is -2.38. The first-order chi connectivity index (χ1) is 12.3. The fraction of sp³-hybridized carbons (Fsp3) is 0.474. The Morgan fingerprint density at radius 1 is 1.41 bits per heavy atom. The number of aliphatic imine (C=N–C) groups is 1. The van der Waals surface area contributed by atoms with Crippen LogP contribution in [0.1, 0.15) is 50.3 Å². The Morgan fingerprint density at radius 2 is 2.15 bits per heavy atom. The maximum absolute atomic E-state index is 14.0. The Morgan fingerprint density at radius 3 is 2.74 bits per heavy atom. The molecule has 1 aromatic heterocycles. The number of benzene rings is 1. The number of guanidine groups is 1. The van der Waals surface area contributed by atoms with E-state index in [1.54, 1.807) is 25.4 Å². The molecule has 5 nitrogen and oxygen atoms in total. The maximum Gasteiger partial charge on any atom is 0.213 e. The van der Waals surface area contributed by atoms with Crippen molar-refractivity contribution in [1.82, 2.24) is 15.6 Å². The largest absolute Gasteiger partial charge is 0.443 e. The number of aromatic nitrogens is 1. The van der Waals surface area contributed by atoms with E-state index >= 15 is 0 Å². The van der Waals surface area contributed by atoms with Gasteiger partial charge in [0.05, 0.1) is 12.7 Å². The molecule has 1 heterocycles. The molecular formula is C19H25ClFIN4O.